The molecule has 0 heterocycles. The van der Waals surface area contributed by atoms with Crippen molar-refractivity contribution in [2.45, 2.75) is 51.4 Å². The van der Waals surface area contributed by atoms with E-state index in [9.17, 15) is 0 Å². The molecule has 1 aliphatic rings. The topological polar surface area (TPSA) is 56.5 Å². The van der Waals surface area contributed by atoms with Crippen LogP contribution in [0.25, 0.3) is 0 Å². The first-order chi connectivity index (χ1) is 5.74. The van der Waals surface area contributed by atoms with Crippen molar-refractivity contribution >= 4 is 0 Å². The van der Waals surface area contributed by atoms with Crippen molar-refractivity contribution in [2.24, 2.45) is 5.84 Å². The maximum atomic E-state index is 5.66. The smallest absolute Gasteiger partial charge is 0.107 e. The van der Waals surface area contributed by atoms with E-state index >= 15 is 0 Å². The summed E-state index contributed by atoms with van der Waals surface area (Å²) in [6.45, 7) is 4.07. The number of nitrogens with one attached hydrogen (secondary N) is 1. The van der Waals surface area contributed by atoms with Crippen LogP contribution in [0.15, 0.2) is 0 Å². The average Bonchev–Trinajstić information content (AvgIpc) is 2.37. The summed E-state index contributed by atoms with van der Waals surface area (Å²) in [6.07, 6.45) is 3.85. The highest BCUT2D eigenvalue weighted by Gasteiger charge is 2.29. The van der Waals surface area contributed by atoms with Crippen molar-refractivity contribution in [2.75, 3.05) is 0 Å². The number of hydrogen-bond acceptors (Lipinski definition) is 4. The lowest BCUT2D eigenvalue weighted by molar-refractivity contribution is -0.110. The molecule has 4 nitrogen and oxygen atoms in total. The molecule has 1 saturated carbocycles. The van der Waals surface area contributed by atoms with E-state index in [4.69, 9.17) is 15.4 Å². The highest BCUT2D eigenvalue weighted by molar-refractivity contribution is 4.78. The molecule has 2 atom stereocenters. The van der Waals surface area contributed by atoms with E-state index in [1.165, 1.54) is 0 Å². The van der Waals surface area contributed by atoms with Crippen molar-refractivity contribution in [3.63, 3.8) is 0 Å². The van der Waals surface area contributed by atoms with Crippen molar-refractivity contribution < 1.29 is 9.57 Å². The molecule has 3 N–H and O–H groups in total. The number of rotatable bonds is 4. The molecule has 0 amide bonds. The van der Waals surface area contributed by atoms with Crippen LogP contribution in [0.3, 0.4) is 0 Å². The van der Waals surface area contributed by atoms with Gasteiger partial charge >= 0.3 is 0 Å². The van der Waals surface area contributed by atoms with Crippen LogP contribution >= 0.6 is 0 Å². The predicted octanol–water partition coefficient (Wildman–Crippen LogP) is 0.727. The number of nitrogens with two attached hydrogens (primary N) is 1. The fourth-order valence-corrected chi connectivity index (χ4v) is 1.62. The van der Waals surface area contributed by atoms with Crippen LogP contribution in [0.4, 0.5) is 0 Å². The highest BCUT2D eigenvalue weighted by Crippen LogP contribution is 2.24. The summed E-state index contributed by atoms with van der Waals surface area (Å²) >= 11 is 0. The molecule has 0 radical (unpaired) electrons. The Balaban J connectivity index is 2.30. The van der Waals surface area contributed by atoms with Crippen LogP contribution in [-0.2, 0) is 9.57 Å². The van der Waals surface area contributed by atoms with Gasteiger partial charge in [-0.3, -0.25) is 4.84 Å². The third kappa shape index (κ3) is 2.71. The van der Waals surface area contributed by atoms with Crippen LogP contribution in [-0.4, -0.2) is 18.3 Å². The molecule has 72 valence electrons. The SMILES string of the molecule is CC(C)O[C@H]1CCC[C@@H]1ONN. The predicted molar refractivity (Wildman–Crippen MR) is 46.1 cm³/mol. The lowest BCUT2D eigenvalue weighted by Crippen LogP contribution is -2.36. The largest absolute Gasteiger partial charge is 0.373 e. The van der Waals surface area contributed by atoms with E-state index in [0.29, 0.717) is 0 Å². The Morgan fingerprint density at radius 2 is 2.00 bits per heavy atom. The second-order valence-corrected chi connectivity index (χ2v) is 3.43. The lowest BCUT2D eigenvalue weighted by atomic mass is 10.2. The summed E-state index contributed by atoms with van der Waals surface area (Å²) < 4.78 is 5.66. The lowest BCUT2D eigenvalue weighted by Gasteiger charge is -2.21. The second-order valence-electron chi connectivity index (χ2n) is 3.43. The average molecular weight is 174 g/mol. The summed E-state index contributed by atoms with van der Waals surface area (Å²) in [7, 11) is 0. The minimum absolute atomic E-state index is 0.123. The maximum absolute atomic E-state index is 5.66. The van der Waals surface area contributed by atoms with Crippen molar-refractivity contribution in [3.05, 3.63) is 0 Å². The first-order valence-corrected chi connectivity index (χ1v) is 4.50. The van der Waals surface area contributed by atoms with Gasteiger partial charge in [-0.05, 0) is 33.1 Å². The molecule has 0 saturated heterocycles. The van der Waals surface area contributed by atoms with E-state index in [2.05, 4.69) is 5.59 Å². The number of hydrogen-bond donors (Lipinski definition) is 2. The summed E-state index contributed by atoms with van der Waals surface area (Å²) in [4.78, 5) is 5.12. The summed E-state index contributed by atoms with van der Waals surface area (Å²) in [5, 5.41) is 0. The molecule has 0 aromatic heterocycles. The molecule has 0 bridgehead atoms. The van der Waals surface area contributed by atoms with Gasteiger partial charge in [0.1, 0.15) is 6.10 Å². The quantitative estimate of drug-likeness (QED) is 0.487. The summed E-state index contributed by atoms with van der Waals surface area (Å²) in [6, 6.07) is 0. The van der Waals surface area contributed by atoms with Crippen LogP contribution in [0.1, 0.15) is 33.1 Å². The van der Waals surface area contributed by atoms with Gasteiger partial charge in [0, 0.05) is 0 Å². The normalized spacial score (nSPS) is 30.0. The zero-order valence-corrected chi connectivity index (χ0v) is 7.75. The Morgan fingerprint density at radius 3 is 2.58 bits per heavy atom. The van der Waals surface area contributed by atoms with Gasteiger partial charge in [-0.2, -0.15) is 0 Å². The van der Waals surface area contributed by atoms with Gasteiger partial charge < -0.3 is 4.74 Å². The Labute approximate surface area is 73.3 Å². The standard InChI is InChI=1S/C8H18N2O2/c1-6(2)11-7-4-3-5-8(7)12-10-9/h6-8,10H,3-5,9H2,1-2H3/t7-,8-/m0/s1. The van der Waals surface area contributed by atoms with Gasteiger partial charge in [-0.1, -0.05) is 0 Å². The minimum atomic E-state index is 0.123. The molecule has 0 spiro atoms. The van der Waals surface area contributed by atoms with Gasteiger partial charge in [0.15, 0.2) is 0 Å². The van der Waals surface area contributed by atoms with Crippen molar-refractivity contribution in [3.8, 4) is 0 Å². The van der Waals surface area contributed by atoms with Crippen LogP contribution in [0.5, 0.6) is 0 Å². The van der Waals surface area contributed by atoms with Gasteiger partial charge in [0.2, 0.25) is 0 Å². The Kier molecular flexibility index (Phi) is 3.94. The maximum Gasteiger partial charge on any atom is 0.107 e. The van der Waals surface area contributed by atoms with Crippen LogP contribution in [0, 0.1) is 0 Å². The van der Waals surface area contributed by atoms with Crippen LogP contribution < -0.4 is 11.4 Å². The third-order valence-electron chi connectivity index (χ3n) is 2.06. The van der Waals surface area contributed by atoms with E-state index in [1.54, 1.807) is 0 Å². The van der Waals surface area contributed by atoms with Crippen molar-refractivity contribution in [1.82, 2.24) is 5.59 Å². The van der Waals surface area contributed by atoms with Gasteiger partial charge in [0.25, 0.3) is 0 Å². The number of ether oxygens (including phenoxy) is 1. The molecule has 4 heteroatoms. The van der Waals surface area contributed by atoms with Crippen molar-refractivity contribution in [1.29, 1.82) is 0 Å². The first-order valence-electron chi connectivity index (χ1n) is 4.50. The Hall–Kier alpha value is -0.160. The minimum Gasteiger partial charge on any atom is -0.373 e. The molecule has 1 aliphatic carbocycles. The second kappa shape index (κ2) is 4.77. The molecular formula is C8H18N2O2. The van der Waals surface area contributed by atoms with E-state index in [1.807, 2.05) is 13.8 Å². The van der Waals surface area contributed by atoms with E-state index in [-0.39, 0.29) is 18.3 Å². The molecule has 1 rings (SSSR count). The molecule has 1 fully saturated rings. The zero-order valence-electron chi connectivity index (χ0n) is 7.75. The van der Waals surface area contributed by atoms with Gasteiger partial charge in [-0.25, -0.2) is 5.84 Å². The summed E-state index contributed by atoms with van der Waals surface area (Å²) in [5.41, 5.74) is 2.23. The molecular weight excluding hydrogens is 156 g/mol. The monoisotopic (exact) mass is 174 g/mol. The highest BCUT2D eigenvalue weighted by atomic mass is 16.7. The van der Waals surface area contributed by atoms with E-state index < -0.39 is 0 Å². The van der Waals surface area contributed by atoms with Crippen LogP contribution in [0.2, 0.25) is 0 Å². The fraction of sp³-hybridized carbons (Fsp3) is 1.00. The molecule has 0 aliphatic heterocycles. The summed E-state index contributed by atoms with van der Waals surface area (Å²) in [5.74, 6) is 5.07. The third-order valence-corrected chi connectivity index (χ3v) is 2.06. The first kappa shape index (κ1) is 9.92. The molecule has 0 unspecified atom stereocenters. The van der Waals surface area contributed by atoms with Gasteiger partial charge in [0.05, 0.1) is 12.2 Å². The molecule has 12 heavy (non-hydrogen) atoms. The molecule has 0 aromatic carbocycles. The Bertz CT molecular complexity index is 130. The van der Waals surface area contributed by atoms with E-state index in [0.717, 1.165) is 19.3 Å². The Morgan fingerprint density at radius 1 is 1.33 bits per heavy atom. The fourth-order valence-electron chi connectivity index (χ4n) is 1.62. The zero-order chi connectivity index (χ0) is 8.97. The molecule has 0 aromatic rings. The van der Waals surface area contributed by atoms with Gasteiger partial charge in [-0.15, -0.1) is 5.59 Å². The number of hydrazine groups is 1.